The van der Waals surface area contributed by atoms with E-state index in [0.29, 0.717) is 29.3 Å². The molecule has 0 saturated heterocycles. The Morgan fingerprint density at radius 2 is 1.81 bits per heavy atom. The van der Waals surface area contributed by atoms with Crippen molar-refractivity contribution in [1.82, 2.24) is 24.3 Å². The molecule has 5 rings (SSSR count). The average molecular weight is 512 g/mol. The molecule has 0 unspecified atom stereocenters. The predicted octanol–water partition coefficient (Wildman–Crippen LogP) is 5.03. The lowest BCUT2D eigenvalue weighted by Crippen LogP contribution is -2.20. The van der Waals surface area contributed by atoms with Crippen molar-refractivity contribution in [3.8, 4) is 16.9 Å². The second-order valence-electron chi connectivity index (χ2n) is 8.06. The second kappa shape index (κ2) is 9.12. The summed E-state index contributed by atoms with van der Waals surface area (Å²) < 4.78 is 70.9. The van der Waals surface area contributed by atoms with Crippen molar-refractivity contribution in [1.29, 1.82) is 0 Å². The van der Waals surface area contributed by atoms with E-state index in [1.54, 1.807) is 25.4 Å². The molecule has 0 spiro atoms. The quantitative estimate of drug-likeness (QED) is 0.334. The number of alkyl halides is 3. The maximum absolute atomic E-state index is 14.9. The zero-order chi connectivity index (χ0) is 26.3. The predicted molar refractivity (Wildman–Crippen MR) is 126 cm³/mol. The Kier molecular flexibility index (Phi) is 5.94. The van der Waals surface area contributed by atoms with Gasteiger partial charge in [0.25, 0.3) is 5.56 Å². The number of nitrogens with one attached hydrogen (secondary N) is 1. The Hall–Kier alpha value is -4.61. The number of aromatic nitrogens is 5. The van der Waals surface area contributed by atoms with Gasteiger partial charge >= 0.3 is 6.18 Å². The molecule has 0 aliphatic carbocycles. The number of nitrogens with zero attached hydrogens (tertiary/aromatic N) is 5. The molecule has 7 nitrogen and oxygen atoms in total. The topological polar surface area (TPSA) is 77.6 Å². The fourth-order valence-corrected chi connectivity index (χ4v) is 3.93. The van der Waals surface area contributed by atoms with Crippen LogP contribution in [-0.2, 0) is 12.7 Å². The van der Waals surface area contributed by atoms with Crippen LogP contribution >= 0.6 is 0 Å². The highest BCUT2D eigenvalue weighted by molar-refractivity contribution is 5.94. The van der Waals surface area contributed by atoms with Gasteiger partial charge in [0.05, 0.1) is 17.8 Å². The van der Waals surface area contributed by atoms with E-state index >= 15 is 0 Å². The number of para-hydroxylation sites is 1. The van der Waals surface area contributed by atoms with E-state index in [1.165, 1.54) is 29.0 Å². The number of anilines is 1. The summed E-state index contributed by atoms with van der Waals surface area (Å²) in [5.41, 5.74) is -1.02. The Bertz CT molecular complexity index is 1690. The average Bonchev–Trinajstić information content (AvgIpc) is 3.25. The van der Waals surface area contributed by atoms with Crippen molar-refractivity contribution in [2.75, 3.05) is 12.4 Å². The molecule has 0 aliphatic heterocycles. The van der Waals surface area contributed by atoms with E-state index in [-0.39, 0.29) is 28.8 Å². The van der Waals surface area contributed by atoms with Crippen molar-refractivity contribution >= 4 is 16.9 Å². The summed E-state index contributed by atoms with van der Waals surface area (Å²) in [5.74, 6) is -1.58. The van der Waals surface area contributed by atoms with Crippen molar-refractivity contribution in [2.24, 2.45) is 0 Å². The highest BCUT2D eigenvalue weighted by Gasteiger charge is 2.31. The summed E-state index contributed by atoms with van der Waals surface area (Å²) in [5, 5.41) is 7.37. The van der Waals surface area contributed by atoms with Crippen molar-refractivity contribution < 1.29 is 22.0 Å². The smallest absolute Gasteiger partial charge is 0.357 e. The fourth-order valence-electron chi connectivity index (χ4n) is 3.93. The summed E-state index contributed by atoms with van der Waals surface area (Å²) in [6.45, 7) is 0.164. The van der Waals surface area contributed by atoms with Crippen LogP contribution in [0.1, 0.15) is 11.3 Å². The van der Waals surface area contributed by atoms with E-state index in [4.69, 9.17) is 0 Å². The molecule has 12 heteroatoms. The number of rotatable bonds is 5. The van der Waals surface area contributed by atoms with Gasteiger partial charge in [-0.05, 0) is 36.4 Å². The van der Waals surface area contributed by atoms with E-state index in [2.05, 4.69) is 20.4 Å². The molecule has 37 heavy (non-hydrogen) atoms. The molecule has 0 amide bonds. The van der Waals surface area contributed by atoms with E-state index in [0.717, 1.165) is 16.8 Å². The van der Waals surface area contributed by atoms with Gasteiger partial charge in [0.15, 0.2) is 0 Å². The first-order valence-electron chi connectivity index (χ1n) is 10.9. The Morgan fingerprint density at radius 1 is 1.00 bits per heavy atom. The first kappa shape index (κ1) is 24.1. The number of hydrogen-bond acceptors (Lipinski definition) is 5. The lowest BCUT2D eigenvalue weighted by Gasteiger charge is -2.10. The third-order valence-corrected chi connectivity index (χ3v) is 5.70. The van der Waals surface area contributed by atoms with E-state index in [1.807, 2.05) is 0 Å². The van der Waals surface area contributed by atoms with Gasteiger partial charge in [0.2, 0.25) is 5.95 Å². The minimum atomic E-state index is -4.74. The third kappa shape index (κ3) is 4.53. The monoisotopic (exact) mass is 512 g/mol. The molecule has 0 aliphatic rings. The lowest BCUT2D eigenvalue weighted by atomic mass is 10.1. The van der Waals surface area contributed by atoms with Crippen molar-refractivity contribution in [3.63, 3.8) is 0 Å². The minimum Gasteiger partial charge on any atom is -0.357 e. The number of benzene rings is 2. The van der Waals surface area contributed by atoms with Crippen molar-refractivity contribution in [3.05, 3.63) is 100 Å². The van der Waals surface area contributed by atoms with Crippen LogP contribution < -0.4 is 10.9 Å². The molecule has 1 N–H and O–H groups in total. The molecule has 2 aromatic carbocycles. The summed E-state index contributed by atoms with van der Waals surface area (Å²) in [6, 6.07) is 10.5. The Balaban J connectivity index is 1.59. The summed E-state index contributed by atoms with van der Waals surface area (Å²) in [6.07, 6.45) is -1.67. The maximum atomic E-state index is 14.9. The van der Waals surface area contributed by atoms with Crippen LogP contribution in [0.25, 0.3) is 27.8 Å². The summed E-state index contributed by atoms with van der Waals surface area (Å²) >= 11 is 0. The zero-order valence-electron chi connectivity index (χ0n) is 19.1. The molecular formula is C25H17F5N6O. The highest BCUT2D eigenvalue weighted by atomic mass is 19.4. The van der Waals surface area contributed by atoms with Gasteiger partial charge in [-0.15, -0.1) is 0 Å². The molecule has 0 saturated carbocycles. The van der Waals surface area contributed by atoms with Crippen LogP contribution in [0.2, 0.25) is 0 Å². The zero-order valence-corrected chi connectivity index (χ0v) is 19.1. The van der Waals surface area contributed by atoms with Crippen LogP contribution in [0.3, 0.4) is 0 Å². The van der Waals surface area contributed by atoms with Crippen LogP contribution in [0, 0.1) is 11.6 Å². The van der Waals surface area contributed by atoms with Crippen molar-refractivity contribution in [2.45, 2.75) is 12.7 Å². The van der Waals surface area contributed by atoms with Gasteiger partial charge in [-0.1, -0.05) is 12.1 Å². The molecule has 3 aromatic heterocycles. The highest BCUT2D eigenvalue weighted by Crippen LogP contribution is 2.34. The minimum absolute atomic E-state index is 0.138. The van der Waals surface area contributed by atoms with Gasteiger partial charge in [-0.25, -0.2) is 23.4 Å². The maximum Gasteiger partial charge on any atom is 0.416 e. The van der Waals surface area contributed by atoms with Gasteiger partial charge in [-0.2, -0.15) is 18.3 Å². The lowest BCUT2D eigenvalue weighted by molar-refractivity contribution is -0.137. The molecule has 188 valence electrons. The van der Waals surface area contributed by atoms with Crippen LogP contribution in [0.5, 0.6) is 0 Å². The van der Waals surface area contributed by atoms with Gasteiger partial charge < -0.3 is 9.88 Å². The number of halogens is 5. The second-order valence-corrected chi connectivity index (χ2v) is 8.06. The van der Waals surface area contributed by atoms with Gasteiger partial charge in [0.1, 0.15) is 28.5 Å². The molecule has 0 fully saturated rings. The summed E-state index contributed by atoms with van der Waals surface area (Å²) in [7, 11) is 1.67. The number of pyridine rings is 1. The first-order chi connectivity index (χ1) is 17.7. The standard InChI is InChI=1S/C25H17F5N6O/c1-31-24-32-9-7-16(33-24)13-35-10-8-14(11-21(35)37)22-17-3-2-4-18(26)23(17)36(34-22)20-6-5-15(12-19(20)27)25(28,29)30/h2-12H,13H2,1H3,(H,31,32,33). The van der Waals surface area contributed by atoms with E-state index < -0.39 is 28.9 Å². The largest absolute Gasteiger partial charge is 0.416 e. The molecule has 0 bridgehead atoms. The molecule has 3 heterocycles. The third-order valence-electron chi connectivity index (χ3n) is 5.70. The van der Waals surface area contributed by atoms with Crippen LogP contribution in [0.15, 0.2) is 71.8 Å². The van der Waals surface area contributed by atoms with E-state index in [9.17, 15) is 26.7 Å². The molecular weight excluding hydrogens is 495 g/mol. The Labute approximate surface area is 205 Å². The summed E-state index contributed by atoms with van der Waals surface area (Å²) in [4.78, 5) is 21.2. The van der Waals surface area contributed by atoms with Crippen LogP contribution in [0.4, 0.5) is 27.9 Å². The SMILES string of the molecule is CNc1nccc(Cn2ccc(-c3nn(-c4ccc(C(F)(F)F)cc4F)c4c(F)cccc34)cc2=O)n1. The molecule has 0 radical (unpaired) electrons. The number of fused-ring (bicyclic) bond motifs is 1. The first-order valence-corrected chi connectivity index (χ1v) is 10.9. The van der Waals surface area contributed by atoms with Crippen LogP contribution in [-0.4, -0.2) is 31.4 Å². The number of hydrogen-bond donors (Lipinski definition) is 1. The molecule has 0 atom stereocenters. The van der Waals surface area contributed by atoms with Gasteiger partial charge in [0, 0.05) is 36.5 Å². The normalized spacial score (nSPS) is 11.7. The molecule has 5 aromatic rings. The fraction of sp³-hybridized carbons (Fsp3) is 0.120. The van der Waals surface area contributed by atoms with Gasteiger partial charge in [-0.3, -0.25) is 4.79 Å². The Morgan fingerprint density at radius 3 is 2.51 bits per heavy atom.